The number of nitrogens with two attached hydrogens (primary N) is 1. The van der Waals surface area contributed by atoms with Gasteiger partial charge in [-0.25, -0.2) is 4.79 Å². The molecule has 0 aliphatic rings. The molecule has 2 aromatic rings. The minimum absolute atomic E-state index is 0.0480. The number of hydrogen-bond donors (Lipinski definition) is 3. The summed E-state index contributed by atoms with van der Waals surface area (Å²) in [6.45, 7) is 0. The van der Waals surface area contributed by atoms with E-state index in [-0.39, 0.29) is 17.0 Å². The van der Waals surface area contributed by atoms with Crippen LogP contribution in [0.4, 0.5) is 11.4 Å². The van der Waals surface area contributed by atoms with E-state index in [1.54, 1.807) is 6.07 Å². The van der Waals surface area contributed by atoms with Crippen LogP contribution in [0.5, 0.6) is 0 Å². The van der Waals surface area contributed by atoms with Crippen molar-refractivity contribution in [2.45, 2.75) is 0 Å². The van der Waals surface area contributed by atoms with E-state index in [1.807, 2.05) is 0 Å². The van der Waals surface area contributed by atoms with Gasteiger partial charge in [-0.3, -0.25) is 4.79 Å². The number of furan rings is 1. The Kier molecular flexibility index (Phi) is 3.57. The number of hydrogen-bond acceptors (Lipinski definition) is 4. The first-order chi connectivity index (χ1) is 8.97. The van der Waals surface area contributed by atoms with Crippen LogP contribution in [0.2, 0.25) is 0 Å². The first kappa shape index (κ1) is 13.2. The van der Waals surface area contributed by atoms with Crippen LogP contribution in [0, 0.1) is 0 Å². The Morgan fingerprint density at radius 2 is 2.00 bits per heavy atom. The highest BCUT2D eigenvalue weighted by Gasteiger charge is 2.16. The molecule has 1 aromatic heterocycles. The molecule has 0 saturated carbocycles. The van der Waals surface area contributed by atoms with Crippen LogP contribution in [0.1, 0.15) is 20.9 Å². The summed E-state index contributed by atoms with van der Waals surface area (Å²) in [5.74, 6) is -1.65. The Morgan fingerprint density at radius 1 is 1.26 bits per heavy atom. The average Bonchev–Trinajstić information content (AvgIpc) is 2.75. The first-order valence-corrected chi connectivity index (χ1v) is 5.96. The number of carboxylic acids is 1. The summed E-state index contributed by atoms with van der Waals surface area (Å²) in [7, 11) is 0. The molecular formula is C12H9BrN2O4. The number of halogens is 1. The third-order valence-electron chi connectivity index (χ3n) is 2.32. The molecule has 4 N–H and O–H groups in total. The van der Waals surface area contributed by atoms with E-state index in [0.717, 1.165) is 0 Å². The number of carbonyl (C=O) groups excluding carboxylic acids is 1. The van der Waals surface area contributed by atoms with Crippen molar-refractivity contribution in [2.24, 2.45) is 0 Å². The monoisotopic (exact) mass is 324 g/mol. The molecule has 1 amide bonds. The van der Waals surface area contributed by atoms with E-state index >= 15 is 0 Å². The highest BCUT2D eigenvalue weighted by atomic mass is 79.9. The van der Waals surface area contributed by atoms with Crippen molar-refractivity contribution in [1.29, 1.82) is 0 Å². The summed E-state index contributed by atoms with van der Waals surface area (Å²) in [4.78, 5) is 22.9. The largest absolute Gasteiger partial charge is 0.478 e. The molecule has 0 fully saturated rings. The average molecular weight is 325 g/mol. The lowest BCUT2D eigenvalue weighted by atomic mass is 10.1. The van der Waals surface area contributed by atoms with Crippen molar-refractivity contribution in [3.63, 3.8) is 0 Å². The topological polar surface area (TPSA) is 106 Å². The number of nitrogen functional groups attached to an aromatic ring is 1. The number of benzene rings is 1. The van der Waals surface area contributed by atoms with Crippen LogP contribution in [-0.2, 0) is 0 Å². The van der Waals surface area contributed by atoms with Gasteiger partial charge in [0.1, 0.15) is 0 Å². The molecule has 7 heteroatoms. The molecule has 19 heavy (non-hydrogen) atoms. The summed E-state index contributed by atoms with van der Waals surface area (Å²) in [6.07, 6.45) is 0. The highest BCUT2D eigenvalue weighted by Crippen LogP contribution is 2.21. The lowest BCUT2D eigenvalue weighted by Gasteiger charge is -2.08. The Bertz CT molecular complexity index is 651. The molecule has 0 saturated heterocycles. The fourth-order valence-corrected chi connectivity index (χ4v) is 1.78. The number of amides is 1. The zero-order valence-corrected chi connectivity index (χ0v) is 11.1. The van der Waals surface area contributed by atoms with Crippen LogP contribution < -0.4 is 11.1 Å². The number of carboxylic acid groups (broad SMARTS) is 1. The fraction of sp³-hybridized carbons (Fsp3) is 0. The second-order valence-corrected chi connectivity index (χ2v) is 4.45. The Morgan fingerprint density at radius 3 is 2.58 bits per heavy atom. The maximum atomic E-state index is 11.9. The number of carbonyl (C=O) groups is 2. The summed E-state index contributed by atoms with van der Waals surface area (Å²) >= 11 is 3.07. The van der Waals surface area contributed by atoms with E-state index < -0.39 is 11.9 Å². The van der Waals surface area contributed by atoms with Gasteiger partial charge in [0.05, 0.1) is 11.3 Å². The molecule has 2 rings (SSSR count). The van der Waals surface area contributed by atoms with Crippen molar-refractivity contribution >= 4 is 39.2 Å². The molecule has 1 aromatic carbocycles. The molecule has 1 heterocycles. The quantitative estimate of drug-likeness (QED) is 0.752. The Hall–Kier alpha value is -2.28. The van der Waals surface area contributed by atoms with Crippen LogP contribution >= 0.6 is 15.9 Å². The molecule has 0 radical (unpaired) electrons. The van der Waals surface area contributed by atoms with Crippen molar-refractivity contribution in [3.05, 3.63) is 46.3 Å². The summed E-state index contributed by atoms with van der Waals surface area (Å²) in [5.41, 5.74) is 5.99. The molecule has 0 spiro atoms. The van der Waals surface area contributed by atoms with Gasteiger partial charge in [-0.1, -0.05) is 0 Å². The molecule has 0 bridgehead atoms. The van der Waals surface area contributed by atoms with Gasteiger partial charge in [0, 0.05) is 5.69 Å². The lowest BCUT2D eigenvalue weighted by molar-refractivity contribution is 0.0698. The van der Waals surface area contributed by atoms with Gasteiger partial charge in [-0.05, 0) is 46.3 Å². The zero-order chi connectivity index (χ0) is 14.0. The smallest absolute Gasteiger partial charge is 0.337 e. The zero-order valence-electron chi connectivity index (χ0n) is 9.51. The Labute approximate surface area is 116 Å². The maximum absolute atomic E-state index is 11.9. The van der Waals surface area contributed by atoms with Gasteiger partial charge in [0.15, 0.2) is 10.4 Å². The van der Waals surface area contributed by atoms with Gasteiger partial charge < -0.3 is 20.6 Å². The minimum Gasteiger partial charge on any atom is -0.478 e. The van der Waals surface area contributed by atoms with Crippen molar-refractivity contribution in [3.8, 4) is 0 Å². The SMILES string of the molecule is Nc1ccc(C(=O)O)c(NC(=O)c2ccc(Br)o2)c1. The summed E-state index contributed by atoms with van der Waals surface area (Å²) in [6, 6.07) is 7.17. The normalized spacial score (nSPS) is 10.2. The lowest BCUT2D eigenvalue weighted by Crippen LogP contribution is -2.14. The minimum atomic E-state index is -1.16. The molecule has 0 aliphatic carbocycles. The predicted octanol–water partition coefficient (Wildman–Crippen LogP) is 2.57. The van der Waals surface area contributed by atoms with Gasteiger partial charge in [-0.15, -0.1) is 0 Å². The van der Waals surface area contributed by atoms with E-state index in [2.05, 4.69) is 21.2 Å². The second kappa shape index (κ2) is 5.15. The standard InChI is InChI=1S/C12H9BrN2O4/c13-10-4-3-9(19-10)11(16)15-8-5-6(14)1-2-7(8)12(17)18/h1-5H,14H2,(H,15,16)(H,17,18). The number of anilines is 2. The van der Waals surface area contributed by atoms with Crippen molar-refractivity contribution in [2.75, 3.05) is 11.1 Å². The molecule has 0 atom stereocenters. The van der Waals surface area contributed by atoms with Crippen molar-refractivity contribution in [1.82, 2.24) is 0 Å². The van der Waals surface area contributed by atoms with Crippen LogP contribution in [0.3, 0.4) is 0 Å². The van der Waals surface area contributed by atoms with Crippen LogP contribution in [0.15, 0.2) is 39.4 Å². The fourth-order valence-electron chi connectivity index (χ4n) is 1.47. The van der Waals surface area contributed by atoms with Crippen LogP contribution in [-0.4, -0.2) is 17.0 Å². The highest BCUT2D eigenvalue weighted by molar-refractivity contribution is 9.10. The van der Waals surface area contributed by atoms with Gasteiger partial charge in [0.25, 0.3) is 5.91 Å². The molecule has 0 aliphatic heterocycles. The van der Waals surface area contributed by atoms with Gasteiger partial charge in [-0.2, -0.15) is 0 Å². The van der Waals surface area contributed by atoms with E-state index in [9.17, 15) is 9.59 Å². The molecular weight excluding hydrogens is 316 g/mol. The van der Waals surface area contributed by atoms with E-state index in [4.69, 9.17) is 15.3 Å². The van der Waals surface area contributed by atoms with Crippen LogP contribution in [0.25, 0.3) is 0 Å². The summed E-state index contributed by atoms with van der Waals surface area (Å²) < 4.78 is 5.48. The van der Waals surface area contributed by atoms with E-state index in [1.165, 1.54) is 24.3 Å². The molecule has 98 valence electrons. The maximum Gasteiger partial charge on any atom is 0.337 e. The second-order valence-electron chi connectivity index (χ2n) is 3.67. The number of nitrogens with one attached hydrogen (secondary N) is 1. The van der Waals surface area contributed by atoms with Gasteiger partial charge in [0.2, 0.25) is 0 Å². The third-order valence-corrected chi connectivity index (χ3v) is 2.75. The van der Waals surface area contributed by atoms with Crippen molar-refractivity contribution < 1.29 is 19.1 Å². The molecule has 6 nitrogen and oxygen atoms in total. The van der Waals surface area contributed by atoms with Gasteiger partial charge >= 0.3 is 5.97 Å². The van der Waals surface area contributed by atoms with E-state index in [0.29, 0.717) is 10.4 Å². The Balaban J connectivity index is 2.30. The predicted molar refractivity (Wildman–Crippen MR) is 72.2 cm³/mol. The number of aromatic carboxylic acids is 1. The summed E-state index contributed by atoms with van der Waals surface area (Å²) in [5, 5.41) is 11.5. The first-order valence-electron chi connectivity index (χ1n) is 5.17. The molecule has 0 unspecified atom stereocenters. The number of rotatable bonds is 3. The third kappa shape index (κ3) is 2.94.